The first-order valence-corrected chi connectivity index (χ1v) is 13.1. The summed E-state index contributed by atoms with van der Waals surface area (Å²) in [6.07, 6.45) is 2.04. The fourth-order valence-corrected chi connectivity index (χ4v) is 4.15. The van der Waals surface area contributed by atoms with Crippen LogP contribution in [0.5, 0.6) is 17.2 Å². The summed E-state index contributed by atoms with van der Waals surface area (Å²) in [5.41, 5.74) is 1.47. The number of nitro groups is 1. The number of nitro benzene ring substituents is 1. The largest absolute Gasteiger partial charge is 0.497 e. The van der Waals surface area contributed by atoms with Crippen molar-refractivity contribution >= 4 is 17.5 Å². The van der Waals surface area contributed by atoms with Gasteiger partial charge in [0.2, 0.25) is 11.7 Å². The van der Waals surface area contributed by atoms with Crippen LogP contribution in [0, 0.1) is 10.1 Å². The average Bonchev–Trinajstić information content (AvgIpc) is 2.98. The predicted octanol–water partition coefficient (Wildman–Crippen LogP) is 4.55. The molecule has 0 unspecified atom stereocenters. The second-order valence-corrected chi connectivity index (χ2v) is 9.10. The Hall–Kier alpha value is -4.60. The molecule has 3 rings (SSSR count). The molecule has 0 aromatic heterocycles. The van der Waals surface area contributed by atoms with Crippen LogP contribution < -0.4 is 19.5 Å². The van der Waals surface area contributed by atoms with Crippen molar-refractivity contribution in [1.29, 1.82) is 0 Å². The van der Waals surface area contributed by atoms with Crippen LogP contribution in [0.1, 0.15) is 30.9 Å². The molecule has 0 spiro atoms. The van der Waals surface area contributed by atoms with Crippen molar-refractivity contribution in [3.8, 4) is 17.2 Å². The molecule has 0 bridgehead atoms. The fraction of sp³-hybridized carbons (Fsp3) is 0.333. The highest BCUT2D eigenvalue weighted by atomic mass is 16.6. The first-order valence-electron chi connectivity index (χ1n) is 13.1. The molecule has 10 nitrogen and oxygen atoms in total. The Labute approximate surface area is 234 Å². The predicted molar refractivity (Wildman–Crippen MR) is 151 cm³/mol. The van der Waals surface area contributed by atoms with Crippen LogP contribution in [0.15, 0.2) is 72.8 Å². The lowest BCUT2D eigenvalue weighted by molar-refractivity contribution is -0.385. The van der Waals surface area contributed by atoms with Crippen LogP contribution in [0.3, 0.4) is 0 Å². The van der Waals surface area contributed by atoms with Crippen LogP contribution in [0.25, 0.3) is 0 Å². The zero-order valence-corrected chi connectivity index (χ0v) is 23.0. The second kappa shape index (κ2) is 15.1. The summed E-state index contributed by atoms with van der Waals surface area (Å²) in [6.45, 7) is 2.29. The molecule has 212 valence electrons. The summed E-state index contributed by atoms with van der Waals surface area (Å²) in [4.78, 5) is 39.4. The van der Waals surface area contributed by atoms with E-state index in [4.69, 9.17) is 14.2 Å². The molecule has 3 aromatic carbocycles. The molecule has 0 saturated carbocycles. The van der Waals surface area contributed by atoms with E-state index in [1.807, 2.05) is 55.5 Å². The van der Waals surface area contributed by atoms with Gasteiger partial charge in [-0.3, -0.25) is 19.7 Å². The van der Waals surface area contributed by atoms with Crippen molar-refractivity contribution in [2.75, 3.05) is 27.4 Å². The van der Waals surface area contributed by atoms with Crippen LogP contribution >= 0.6 is 0 Å². The maximum absolute atomic E-state index is 13.7. The molecule has 0 heterocycles. The van der Waals surface area contributed by atoms with E-state index < -0.39 is 23.5 Å². The van der Waals surface area contributed by atoms with Crippen LogP contribution in [0.4, 0.5) is 5.69 Å². The Morgan fingerprint density at radius 1 is 0.950 bits per heavy atom. The van der Waals surface area contributed by atoms with Gasteiger partial charge in [0, 0.05) is 31.6 Å². The van der Waals surface area contributed by atoms with Crippen molar-refractivity contribution in [2.24, 2.45) is 0 Å². The monoisotopic (exact) mass is 549 g/mol. The smallest absolute Gasteiger partial charge is 0.311 e. The zero-order valence-electron chi connectivity index (χ0n) is 23.0. The number of rotatable bonds is 15. The molecule has 0 aliphatic carbocycles. The Morgan fingerprint density at radius 2 is 1.70 bits per heavy atom. The van der Waals surface area contributed by atoms with Crippen molar-refractivity contribution in [1.82, 2.24) is 10.2 Å². The second-order valence-electron chi connectivity index (χ2n) is 9.10. The number of hydrogen-bond acceptors (Lipinski definition) is 7. The third-order valence-corrected chi connectivity index (χ3v) is 6.30. The highest BCUT2D eigenvalue weighted by Gasteiger charge is 2.31. The molecule has 10 heteroatoms. The van der Waals surface area contributed by atoms with Crippen molar-refractivity contribution in [2.45, 2.75) is 38.8 Å². The minimum atomic E-state index is -0.812. The van der Waals surface area contributed by atoms with E-state index >= 15 is 0 Å². The summed E-state index contributed by atoms with van der Waals surface area (Å²) in [6, 6.07) is 20.0. The van der Waals surface area contributed by atoms with Crippen LogP contribution in [-0.2, 0) is 22.6 Å². The summed E-state index contributed by atoms with van der Waals surface area (Å²) in [7, 11) is 2.88. The highest BCUT2D eigenvalue weighted by Crippen LogP contribution is 2.31. The van der Waals surface area contributed by atoms with E-state index in [0.717, 1.165) is 24.0 Å². The minimum Gasteiger partial charge on any atom is -0.497 e. The molecule has 0 saturated heterocycles. The minimum absolute atomic E-state index is 0.0143. The van der Waals surface area contributed by atoms with E-state index in [1.165, 1.54) is 30.2 Å². The molecule has 0 fully saturated rings. The molecule has 2 amide bonds. The van der Waals surface area contributed by atoms with Gasteiger partial charge in [0.15, 0.2) is 6.61 Å². The van der Waals surface area contributed by atoms with Crippen LogP contribution in [-0.4, -0.2) is 55.1 Å². The average molecular weight is 550 g/mol. The lowest BCUT2D eigenvalue weighted by Gasteiger charge is -2.31. The number of nitrogens with zero attached hydrogens (tertiary/aromatic N) is 2. The number of carbonyl (C=O) groups is 2. The summed E-state index contributed by atoms with van der Waals surface area (Å²) in [5, 5.41) is 14.2. The van der Waals surface area contributed by atoms with Crippen molar-refractivity contribution in [3.05, 3.63) is 94.0 Å². The maximum Gasteiger partial charge on any atom is 0.311 e. The van der Waals surface area contributed by atoms with Crippen LogP contribution in [0.2, 0.25) is 0 Å². The van der Waals surface area contributed by atoms with Gasteiger partial charge in [-0.1, -0.05) is 55.8 Å². The highest BCUT2D eigenvalue weighted by molar-refractivity contribution is 5.88. The summed E-state index contributed by atoms with van der Waals surface area (Å²) < 4.78 is 16.2. The quantitative estimate of drug-likeness (QED) is 0.168. The number of benzene rings is 3. The number of methoxy groups -OCH3 is 2. The fourth-order valence-electron chi connectivity index (χ4n) is 4.15. The Balaban J connectivity index is 1.91. The standard InChI is InChI=1S/C30H35N3O7/c1-4-5-16-31-30(35)27(18-22-10-7-6-8-11-22)32(20-23-12-9-13-24(17-23)38-2)29(34)21-40-25-14-15-26(33(36)37)28(19-25)39-3/h6-15,17,19,27H,4-5,16,18,20-21H2,1-3H3,(H,31,35)/t27-/m0/s1. The van der Waals surface area contributed by atoms with Gasteiger partial charge < -0.3 is 24.4 Å². The number of carbonyl (C=O) groups excluding carboxylic acids is 2. The van der Waals surface area contributed by atoms with Gasteiger partial charge in [0.05, 0.1) is 19.1 Å². The third kappa shape index (κ3) is 8.45. The first-order chi connectivity index (χ1) is 19.4. The van der Waals surface area contributed by atoms with E-state index in [1.54, 1.807) is 13.2 Å². The number of hydrogen-bond donors (Lipinski definition) is 1. The molecular formula is C30H35N3O7. The number of ether oxygens (including phenoxy) is 3. The normalized spacial score (nSPS) is 11.3. The van der Waals surface area contributed by atoms with Gasteiger partial charge >= 0.3 is 5.69 Å². The molecule has 0 aliphatic heterocycles. The summed E-state index contributed by atoms with van der Waals surface area (Å²) >= 11 is 0. The Bertz CT molecular complexity index is 1280. The van der Waals surface area contributed by atoms with Crippen molar-refractivity contribution in [3.63, 3.8) is 0 Å². The van der Waals surface area contributed by atoms with Gasteiger partial charge in [-0.25, -0.2) is 0 Å². The number of nitrogens with one attached hydrogen (secondary N) is 1. The van der Waals surface area contributed by atoms with Gasteiger partial charge in [0.1, 0.15) is 17.5 Å². The van der Waals surface area contributed by atoms with E-state index in [-0.39, 0.29) is 29.6 Å². The topological polar surface area (TPSA) is 120 Å². The van der Waals surface area contributed by atoms with Gasteiger partial charge in [-0.2, -0.15) is 0 Å². The van der Waals surface area contributed by atoms with E-state index in [0.29, 0.717) is 18.7 Å². The summed E-state index contributed by atoms with van der Waals surface area (Å²) in [5.74, 6) is 0.188. The van der Waals surface area contributed by atoms with Crippen molar-refractivity contribution < 1.29 is 28.7 Å². The Kier molecular flexibility index (Phi) is 11.3. The van der Waals surface area contributed by atoms with Gasteiger partial charge in [-0.05, 0) is 35.7 Å². The molecule has 1 N–H and O–H groups in total. The number of unbranched alkanes of at least 4 members (excludes halogenated alkanes) is 1. The zero-order chi connectivity index (χ0) is 28.9. The lowest BCUT2D eigenvalue weighted by atomic mass is 10.0. The van der Waals surface area contributed by atoms with E-state index in [2.05, 4.69) is 5.32 Å². The molecule has 0 radical (unpaired) electrons. The SMILES string of the molecule is CCCCNC(=O)[C@H](Cc1ccccc1)N(Cc1cccc(OC)c1)C(=O)COc1ccc([N+](=O)[O-])c(OC)c1. The third-order valence-electron chi connectivity index (χ3n) is 6.30. The molecule has 0 aliphatic rings. The molecular weight excluding hydrogens is 514 g/mol. The lowest BCUT2D eigenvalue weighted by Crippen LogP contribution is -2.51. The first kappa shape index (κ1) is 29.9. The number of amides is 2. The maximum atomic E-state index is 13.7. The van der Waals surface area contributed by atoms with Gasteiger partial charge in [0.25, 0.3) is 5.91 Å². The Morgan fingerprint density at radius 3 is 2.38 bits per heavy atom. The molecule has 1 atom stereocenters. The van der Waals surface area contributed by atoms with E-state index in [9.17, 15) is 19.7 Å². The molecule has 3 aromatic rings. The van der Waals surface area contributed by atoms with Gasteiger partial charge in [-0.15, -0.1) is 0 Å². The molecule has 40 heavy (non-hydrogen) atoms.